The number of rotatable bonds is 8. The first-order chi connectivity index (χ1) is 16.4. The Kier molecular flexibility index (Phi) is 7.23. The van der Waals surface area contributed by atoms with Crippen molar-refractivity contribution in [3.63, 3.8) is 0 Å². The molecule has 0 atom stereocenters. The van der Waals surface area contributed by atoms with E-state index in [2.05, 4.69) is 10.1 Å². The van der Waals surface area contributed by atoms with Crippen molar-refractivity contribution in [1.82, 2.24) is 5.01 Å². The molecule has 0 bridgehead atoms. The lowest BCUT2D eigenvalue weighted by molar-refractivity contribution is -0.114. The van der Waals surface area contributed by atoms with Gasteiger partial charge in [-0.1, -0.05) is 36.2 Å². The third-order valence-corrected chi connectivity index (χ3v) is 6.31. The quantitative estimate of drug-likeness (QED) is 0.399. The number of hydrogen-bond acceptors (Lipinski definition) is 7. The second-order valence-corrected chi connectivity index (χ2v) is 8.86. The molecule has 2 aliphatic heterocycles. The number of carbonyl (C=O) groups excluding carboxylic acids is 1. The summed E-state index contributed by atoms with van der Waals surface area (Å²) in [5, 5.41) is 15.7. The van der Waals surface area contributed by atoms with Gasteiger partial charge in [0, 0.05) is 0 Å². The summed E-state index contributed by atoms with van der Waals surface area (Å²) in [7, 11) is 1.51. The number of fused-ring (bicyclic) bond motifs is 1. The van der Waals surface area contributed by atoms with E-state index in [1.54, 1.807) is 18.2 Å². The van der Waals surface area contributed by atoms with E-state index in [0.29, 0.717) is 40.3 Å². The third-order valence-electron chi connectivity index (χ3n) is 4.98. The Morgan fingerprint density at radius 2 is 1.91 bits per heavy atom. The molecule has 2 heterocycles. The van der Waals surface area contributed by atoms with Crippen LogP contribution in [-0.4, -0.2) is 47.3 Å². The van der Waals surface area contributed by atoms with Crippen LogP contribution in [0.3, 0.4) is 0 Å². The molecule has 2 aromatic carbocycles. The molecule has 0 aliphatic carbocycles. The van der Waals surface area contributed by atoms with Gasteiger partial charge in [-0.3, -0.25) is 10.2 Å². The minimum absolute atomic E-state index is 0.0328. The van der Waals surface area contributed by atoms with Crippen LogP contribution in [-0.2, 0) is 4.79 Å². The van der Waals surface area contributed by atoms with Crippen LogP contribution >= 0.6 is 23.4 Å². The van der Waals surface area contributed by atoms with Gasteiger partial charge in [0.15, 0.2) is 17.3 Å². The van der Waals surface area contributed by atoms with Crippen LogP contribution in [0, 0.1) is 12.3 Å². The molecule has 8 nitrogen and oxygen atoms in total. The number of hydrogen-bond donors (Lipinski definition) is 1. The van der Waals surface area contributed by atoms with Crippen LogP contribution in [0.1, 0.15) is 24.5 Å². The Bertz CT molecular complexity index is 1220. The summed E-state index contributed by atoms with van der Waals surface area (Å²) in [5.74, 6) is 0.995. The monoisotopic (exact) mass is 498 g/mol. The minimum Gasteiger partial charge on any atom is -0.493 e. The second-order valence-electron chi connectivity index (χ2n) is 7.41. The van der Waals surface area contributed by atoms with Crippen molar-refractivity contribution in [1.29, 1.82) is 5.41 Å². The van der Waals surface area contributed by atoms with Gasteiger partial charge in [-0.25, -0.2) is 0 Å². The van der Waals surface area contributed by atoms with Gasteiger partial charge in [-0.05, 0) is 61.0 Å². The zero-order valence-corrected chi connectivity index (χ0v) is 20.5. The number of aliphatic imine (C=N–C) groups is 1. The maximum absolute atomic E-state index is 12.6. The summed E-state index contributed by atoms with van der Waals surface area (Å²) < 4.78 is 17.0. The van der Waals surface area contributed by atoms with Crippen molar-refractivity contribution in [3.8, 4) is 17.2 Å². The van der Waals surface area contributed by atoms with Gasteiger partial charge in [0.05, 0.1) is 17.7 Å². The predicted molar refractivity (Wildman–Crippen MR) is 135 cm³/mol. The van der Waals surface area contributed by atoms with Crippen molar-refractivity contribution < 1.29 is 19.0 Å². The van der Waals surface area contributed by atoms with Crippen LogP contribution in [0.5, 0.6) is 17.2 Å². The lowest BCUT2D eigenvalue weighted by Gasteiger charge is -2.20. The Hall–Kier alpha value is -3.30. The number of aryl methyl sites for hydroxylation is 1. The van der Waals surface area contributed by atoms with Crippen LogP contribution in [0.15, 0.2) is 52.1 Å². The highest BCUT2D eigenvalue weighted by molar-refractivity contribution is 8.26. The summed E-state index contributed by atoms with van der Waals surface area (Å²) >= 11 is 7.77. The molecule has 176 valence electrons. The zero-order chi connectivity index (χ0) is 24.2. The molecule has 0 radical (unpaired) electrons. The number of nitrogens with zero attached hydrogens (tertiary/aromatic N) is 3. The number of benzene rings is 2. The molecule has 1 amide bonds. The van der Waals surface area contributed by atoms with Gasteiger partial charge in [0.1, 0.15) is 24.0 Å². The molecule has 0 saturated carbocycles. The molecule has 2 aromatic rings. The van der Waals surface area contributed by atoms with E-state index >= 15 is 0 Å². The summed E-state index contributed by atoms with van der Waals surface area (Å²) in [6.45, 7) is 4.56. The van der Waals surface area contributed by atoms with E-state index in [0.717, 1.165) is 16.4 Å². The maximum atomic E-state index is 12.6. The predicted octanol–water partition coefficient (Wildman–Crippen LogP) is 5.14. The summed E-state index contributed by atoms with van der Waals surface area (Å²) in [6.07, 6.45) is 2.25. The van der Waals surface area contributed by atoms with Crippen molar-refractivity contribution in [2.24, 2.45) is 10.1 Å². The largest absolute Gasteiger partial charge is 0.493 e. The summed E-state index contributed by atoms with van der Waals surface area (Å²) in [5.41, 5.74) is 1.84. The third kappa shape index (κ3) is 5.10. The minimum atomic E-state index is -0.500. The molecule has 1 N–H and O–H groups in total. The molecule has 10 heteroatoms. The number of methoxy groups -OCH3 is 1. The normalized spacial score (nSPS) is 16.4. The first-order valence-corrected chi connectivity index (χ1v) is 11.8. The fourth-order valence-corrected chi connectivity index (χ4v) is 4.34. The Balaban J connectivity index is 1.48. The molecule has 0 fully saturated rings. The molecular weight excluding hydrogens is 476 g/mol. The number of halogens is 1. The van der Waals surface area contributed by atoms with E-state index in [1.165, 1.54) is 23.9 Å². The summed E-state index contributed by atoms with van der Waals surface area (Å²) in [4.78, 5) is 16.6. The van der Waals surface area contributed by atoms with Gasteiger partial charge in [0.25, 0.3) is 5.91 Å². The molecular formula is C24H23ClN4O4S. The average molecular weight is 499 g/mol. The van der Waals surface area contributed by atoms with Gasteiger partial charge in [-0.15, -0.1) is 0 Å². The number of thioether (sulfide) groups is 1. The van der Waals surface area contributed by atoms with Crippen molar-refractivity contribution in [2.45, 2.75) is 20.3 Å². The first-order valence-electron chi connectivity index (χ1n) is 10.6. The number of amides is 1. The van der Waals surface area contributed by atoms with Crippen LogP contribution < -0.4 is 14.2 Å². The number of nitrogens with one attached hydrogen (secondary N) is 1. The molecule has 34 heavy (non-hydrogen) atoms. The fraction of sp³-hybridized carbons (Fsp3) is 0.250. The van der Waals surface area contributed by atoms with Gasteiger partial charge in [0.2, 0.25) is 5.17 Å². The number of ether oxygens (including phenoxy) is 3. The smallest absolute Gasteiger partial charge is 0.283 e. The molecule has 0 spiro atoms. The molecule has 0 aromatic heterocycles. The van der Waals surface area contributed by atoms with Gasteiger partial charge < -0.3 is 14.2 Å². The highest BCUT2D eigenvalue weighted by atomic mass is 35.5. The van der Waals surface area contributed by atoms with E-state index in [9.17, 15) is 4.79 Å². The lowest BCUT2D eigenvalue weighted by atomic mass is 10.1. The van der Waals surface area contributed by atoms with E-state index < -0.39 is 5.91 Å². The average Bonchev–Trinajstić information content (AvgIpc) is 3.24. The lowest BCUT2D eigenvalue weighted by Crippen LogP contribution is -2.35. The molecule has 4 rings (SSSR count). The second kappa shape index (κ2) is 10.3. The maximum Gasteiger partial charge on any atom is 0.283 e. The van der Waals surface area contributed by atoms with E-state index in [4.69, 9.17) is 31.2 Å². The Morgan fingerprint density at radius 3 is 2.62 bits per heavy atom. The SMILES string of the molecule is CCC1=NN2C(=N)/C(=C\c3cc(Cl)c(OCCOc4ccc(C)cc4)c(OC)c3)C(=O)N=C2S1. The van der Waals surface area contributed by atoms with Crippen LogP contribution in [0.2, 0.25) is 5.02 Å². The molecule has 0 saturated heterocycles. The van der Waals surface area contributed by atoms with Crippen molar-refractivity contribution in [3.05, 3.63) is 58.1 Å². The molecule has 0 unspecified atom stereocenters. The number of amidine groups is 2. The highest BCUT2D eigenvalue weighted by Crippen LogP contribution is 2.37. The standard InChI is InChI=1S/C24H23ClN4O4S/c1-4-20-28-29-22(26)17(23(30)27-24(29)34-20)11-15-12-18(25)21(19(13-15)31-3)33-10-9-32-16-7-5-14(2)6-8-16/h5-8,11-13,26H,4,9-10H2,1-3H3/b17-11+,26-22?. The van der Waals surface area contributed by atoms with Crippen LogP contribution in [0.25, 0.3) is 6.08 Å². The van der Waals surface area contributed by atoms with Crippen LogP contribution in [0.4, 0.5) is 0 Å². The first kappa shape index (κ1) is 23.8. The fourth-order valence-electron chi connectivity index (χ4n) is 3.24. The van der Waals surface area contributed by atoms with Crippen molar-refractivity contribution >= 4 is 51.4 Å². The topological polar surface area (TPSA) is 96.6 Å². The number of hydrazone groups is 1. The van der Waals surface area contributed by atoms with Crippen molar-refractivity contribution in [2.75, 3.05) is 20.3 Å². The number of carbonyl (C=O) groups is 1. The summed E-state index contributed by atoms with van der Waals surface area (Å²) in [6, 6.07) is 11.1. The molecule has 2 aliphatic rings. The van der Waals surface area contributed by atoms with Gasteiger partial charge >= 0.3 is 0 Å². The Labute approximate surface area is 206 Å². The highest BCUT2D eigenvalue weighted by Gasteiger charge is 2.35. The van der Waals surface area contributed by atoms with E-state index in [-0.39, 0.29) is 18.0 Å². The van der Waals surface area contributed by atoms with E-state index in [1.807, 2.05) is 38.1 Å². The zero-order valence-electron chi connectivity index (χ0n) is 18.9. The van der Waals surface area contributed by atoms with Gasteiger partial charge in [-0.2, -0.15) is 15.1 Å². The Morgan fingerprint density at radius 1 is 1.18 bits per heavy atom.